The first kappa shape index (κ1) is 19.2. The quantitative estimate of drug-likeness (QED) is 0.699. The van der Waals surface area contributed by atoms with Gasteiger partial charge in [-0.05, 0) is 30.7 Å². The molecule has 1 amide bonds. The van der Waals surface area contributed by atoms with Crippen LogP contribution in [-0.4, -0.2) is 22.1 Å². The molecule has 0 radical (unpaired) electrons. The van der Waals surface area contributed by atoms with Crippen molar-refractivity contribution in [2.24, 2.45) is 0 Å². The normalized spacial score (nSPS) is 18.5. The maximum atomic E-state index is 14.0. The average Bonchev–Trinajstić information content (AvgIpc) is 3.20. The number of nitrogens with zero attached hydrogens (tertiary/aromatic N) is 2. The molecule has 1 aliphatic carbocycles. The lowest BCUT2D eigenvalue weighted by molar-refractivity contribution is 0.0950. The number of hydrogen-bond donors (Lipinski definition) is 1. The van der Waals surface area contributed by atoms with Gasteiger partial charge in [0.25, 0.3) is 11.8 Å². The molecule has 2 atom stereocenters. The Hall–Kier alpha value is -3.09. The Bertz CT molecular complexity index is 1050. The van der Waals surface area contributed by atoms with Crippen molar-refractivity contribution in [2.75, 3.05) is 0 Å². The second-order valence-electron chi connectivity index (χ2n) is 8.28. The molecule has 0 bridgehead atoms. The van der Waals surface area contributed by atoms with Crippen molar-refractivity contribution >= 4 is 5.91 Å². The van der Waals surface area contributed by atoms with Gasteiger partial charge in [-0.1, -0.05) is 44.1 Å². The van der Waals surface area contributed by atoms with E-state index < -0.39 is 11.6 Å². The molecule has 7 heteroatoms. The zero-order chi connectivity index (χ0) is 20.8. The Kier molecular flexibility index (Phi) is 4.68. The molecule has 29 heavy (non-hydrogen) atoms. The summed E-state index contributed by atoms with van der Waals surface area (Å²) in [6.45, 7) is 5.90. The van der Waals surface area contributed by atoms with Crippen molar-refractivity contribution in [1.82, 2.24) is 15.5 Å². The Balaban J connectivity index is 1.55. The summed E-state index contributed by atoms with van der Waals surface area (Å²) in [6.07, 6.45) is 0.487. The highest BCUT2D eigenvalue weighted by atomic mass is 19.1. The van der Waals surface area contributed by atoms with Crippen LogP contribution in [0.3, 0.4) is 0 Å². The van der Waals surface area contributed by atoms with Crippen LogP contribution in [0.5, 0.6) is 0 Å². The summed E-state index contributed by atoms with van der Waals surface area (Å²) in [5.41, 5.74) is 0.626. The first-order valence-electron chi connectivity index (χ1n) is 9.44. The fraction of sp³-hybridized carbons (Fsp3) is 0.318. The van der Waals surface area contributed by atoms with E-state index >= 15 is 0 Å². The fourth-order valence-electron chi connectivity index (χ4n) is 3.29. The molecule has 0 saturated heterocycles. The summed E-state index contributed by atoms with van der Waals surface area (Å²) in [5.74, 6) is -1.10. The smallest absolute Gasteiger partial charge is 0.258 e. The third-order valence-electron chi connectivity index (χ3n) is 4.98. The number of carbonyl (C=O) groups excluding carboxylic acids is 1. The van der Waals surface area contributed by atoms with Gasteiger partial charge >= 0.3 is 0 Å². The highest BCUT2D eigenvalue weighted by molar-refractivity contribution is 6.00. The van der Waals surface area contributed by atoms with Crippen molar-refractivity contribution in [2.45, 2.75) is 44.6 Å². The van der Waals surface area contributed by atoms with Crippen molar-refractivity contribution in [1.29, 1.82) is 0 Å². The van der Waals surface area contributed by atoms with Crippen LogP contribution >= 0.6 is 0 Å². The molecular weight excluding hydrogens is 376 g/mol. The highest BCUT2D eigenvalue weighted by Crippen LogP contribution is 2.43. The van der Waals surface area contributed by atoms with E-state index in [-0.39, 0.29) is 34.7 Å². The summed E-state index contributed by atoms with van der Waals surface area (Å²) in [6, 6.07) is 10.4. The van der Waals surface area contributed by atoms with Gasteiger partial charge in [-0.15, -0.1) is 0 Å². The third-order valence-corrected chi connectivity index (χ3v) is 4.98. The largest absolute Gasteiger partial charge is 0.349 e. The van der Waals surface area contributed by atoms with Crippen LogP contribution in [0.1, 0.15) is 54.9 Å². The second kappa shape index (κ2) is 7.06. The summed E-state index contributed by atoms with van der Waals surface area (Å²) in [5, 5.41) is 6.87. The monoisotopic (exact) mass is 397 g/mol. The topological polar surface area (TPSA) is 68.0 Å². The van der Waals surface area contributed by atoms with Crippen LogP contribution in [0.4, 0.5) is 8.78 Å². The zero-order valence-corrected chi connectivity index (χ0v) is 16.4. The van der Waals surface area contributed by atoms with E-state index in [1.807, 2.05) is 20.8 Å². The van der Waals surface area contributed by atoms with Gasteiger partial charge in [-0.25, -0.2) is 8.78 Å². The van der Waals surface area contributed by atoms with Crippen LogP contribution in [0.2, 0.25) is 0 Å². The van der Waals surface area contributed by atoms with Gasteiger partial charge in [0, 0.05) is 22.9 Å². The van der Waals surface area contributed by atoms with Gasteiger partial charge in [-0.3, -0.25) is 4.79 Å². The summed E-state index contributed by atoms with van der Waals surface area (Å²) in [7, 11) is 0. The third kappa shape index (κ3) is 3.77. The number of nitrogens with one attached hydrogen (secondary N) is 1. The molecule has 0 spiro atoms. The molecule has 1 aromatic heterocycles. The molecule has 1 aliphatic rings. The summed E-state index contributed by atoms with van der Waals surface area (Å²) >= 11 is 0. The van der Waals surface area contributed by atoms with E-state index in [4.69, 9.17) is 4.52 Å². The molecule has 1 N–H and O–H groups in total. The van der Waals surface area contributed by atoms with E-state index in [1.165, 1.54) is 18.2 Å². The standard InChI is InChI=1S/C22H21F2N3O2/c1-22(2,3)21-26-20(29-27-21)13-8-5-4-7-12(13)19(28)25-17-11-14(17)18-15(23)9-6-10-16(18)24/h4-10,14,17H,11H2,1-3H3,(H,25,28). The van der Waals surface area contributed by atoms with Gasteiger partial charge < -0.3 is 9.84 Å². The predicted octanol–water partition coefficient (Wildman–Crippen LogP) is 4.60. The van der Waals surface area contributed by atoms with Crippen LogP contribution in [0.25, 0.3) is 11.5 Å². The lowest BCUT2D eigenvalue weighted by Gasteiger charge is -2.11. The number of amides is 1. The van der Waals surface area contributed by atoms with E-state index in [9.17, 15) is 13.6 Å². The first-order valence-corrected chi connectivity index (χ1v) is 9.44. The van der Waals surface area contributed by atoms with Crippen LogP contribution < -0.4 is 5.32 Å². The zero-order valence-electron chi connectivity index (χ0n) is 16.4. The molecule has 0 aliphatic heterocycles. The molecule has 5 nitrogen and oxygen atoms in total. The minimum Gasteiger partial charge on any atom is -0.349 e. The number of halogens is 2. The molecule has 2 unspecified atom stereocenters. The Morgan fingerprint density at radius 1 is 1.10 bits per heavy atom. The summed E-state index contributed by atoms with van der Waals surface area (Å²) < 4.78 is 33.3. The lowest BCUT2D eigenvalue weighted by Crippen LogP contribution is -2.27. The van der Waals surface area contributed by atoms with Gasteiger partial charge in [0.05, 0.1) is 11.1 Å². The molecule has 1 heterocycles. The maximum absolute atomic E-state index is 14.0. The number of carbonyl (C=O) groups is 1. The number of hydrogen-bond acceptors (Lipinski definition) is 4. The van der Waals surface area contributed by atoms with Gasteiger partial charge in [0.15, 0.2) is 5.82 Å². The van der Waals surface area contributed by atoms with Crippen molar-refractivity contribution < 1.29 is 18.1 Å². The van der Waals surface area contributed by atoms with Gasteiger partial charge in [-0.2, -0.15) is 4.98 Å². The van der Waals surface area contributed by atoms with E-state index in [2.05, 4.69) is 15.5 Å². The number of aromatic nitrogens is 2. The number of benzene rings is 2. The average molecular weight is 397 g/mol. The highest BCUT2D eigenvalue weighted by Gasteiger charge is 2.43. The van der Waals surface area contributed by atoms with Gasteiger partial charge in [0.2, 0.25) is 0 Å². The van der Waals surface area contributed by atoms with Gasteiger partial charge in [0.1, 0.15) is 11.6 Å². The van der Waals surface area contributed by atoms with E-state index in [1.54, 1.807) is 24.3 Å². The minimum atomic E-state index is -0.590. The Labute approximate surface area is 167 Å². The first-order chi connectivity index (χ1) is 13.8. The lowest BCUT2D eigenvalue weighted by atomic mass is 9.96. The van der Waals surface area contributed by atoms with Crippen molar-refractivity contribution in [3.8, 4) is 11.5 Å². The maximum Gasteiger partial charge on any atom is 0.258 e. The fourth-order valence-corrected chi connectivity index (χ4v) is 3.29. The molecule has 150 valence electrons. The second-order valence-corrected chi connectivity index (χ2v) is 8.28. The number of rotatable bonds is 4. The molecule has 3 aromatic rings. The summed E-state index contributed by atoms with van der Waals surface area (Å²) in [4.78, 5) is 17.3. The predicted molar refractivity (Wildman–Crippen MR) is 103 cm³/mol. The Morgan fingerprint density at radius 2 is 1.79 bits per heavy atom. The molecular formula is C22H21F2N3O2. The SMILES string of the molecule is CC(C)(C)c1noc(-c2ccccc2C(=O)NC2CC2c2c(F)cccc2F)n1. The van der Waals surface area contributed by atoms with E-state index in [0.717, 1.165) is 0 Å². The molecule has 1 fully saturated rings. The van der Waals surface area contributed by atoms with Crippen LogP contribution in [-0.2, 0) is 5.41 Å². The Morgan fingerprint density at radius 3 is 2.45 bits per heavy atom. The van der Waals surface area contributed by atoms with Crippen molar-refractivity contribution in [3.05, 3.63) is 71.1 Å². The molecule has 1 saturated carbocycles. The molecule has 4 rings (SSSR count). The van der Waals surface area contributed by atoms with Crippen LogP contribution in [0, 0.1) is 11.6 Å². The van der Waals surface area contributed by atoms with E-state index in [0.29, 0.717) is 23.4 Å². The van der Waals surface area contributed by atoms with Crippen molar-refractivity contribution in [3.63, 3.8) is 0 Å². The molecule has 2 aromatic carbocycles. The van der Waals surface area contributed by atoms with Crippen LogP contribution in [0.15, 0.2) is 47.0 Å². The minimum absolute atomic E-state index is 0.0257.